The first-order valence-corrected chi connectivity index (χ1v) is 9.28. The largest absolute Gasteiger partial charge is 0.359 e. The third-order valence-electron chi connectivity index (χ3n) is 2.92. The first-order chi connectivity index (χ1) is 7.45. The maximum atomic E-state index is 11.6. The lowest BCUT2D eigenvalue weighted by molar-refractivity contribution is -0.120. The fourth-order valence-corrected chi connectivity index (χ4v) is 3.89. The molecule has 1 aromatic carbocycles. The number of amides is 1. The van der Waals surface area contributed by atoms with Crippen LogP contribution in [0.25, 0.3) is 0 Å². The summed E-state index contributed by atoms with van der Waals surface area (Å²) in [5, 5.41) is 2.72. The van der Waals surface area contributed by atoms with E-state index in [4.69, 9.17) is 0 Å². The highest BCUT2D eigenvalue weighted by Crippen LogP contribution is 2.29. The Labute approximate surface area is 99.1 Å². The summed E-state index contributed by atoms with van der Waals surface area (Å²) in [5.74, 6) is 0.135. The van der Waals surface area contributed by atoms with Crippen LogP contribution in [0.1, 0.15) is 17.5 Å². The van der Waals surface area contributed by atoms with E-state index < -0.39 is 8.07 Å². The lowest BCUT2D eigenvalue weighted by atomic mass is 10.1. The molecule has 0 aliphatic heterocycles. The maximum Gasteiger partial charge on any atom is 0.220 e. The van der Waals surface area contributed by atoms with Crippen molar-refractivity contribution in [2.75, 3.05) is 7.05 Å². The summed E-state index contributed by atoms with van der Waals surface area (Å²) < 4.78 is 0. The standard InChI is InChI=1S/C13H21NOSi/c1-14-13(15)10-12(16(2,3)4)11-8-6-5-7-9-11/h5-9,12H,10H2,1-4H3,(H,14,15). The second-order valence-corrected chi connectivity index (χ2v) is 10.6. The van der Waals surface area contributed by atoms with E-state index in [1.165, 1.54) is 5.56 Å². The van der Waals surface area contributed by atoms with Gasteiger partial charge in [-0.2, -0.15) is 0 Å². The normalized spacial score (nSPS) is 13.2. The van der Waals surface area contributed by atoms with Crippen LogP contribution in [-0.2, 0) is 4.79 Å². The zero-order chi connectivity index (χ0) is 12.2. The first kappa shape index (κ1) is 13.0. The molecule has 1 rings (SSSR count). The highest BCUT2D eigenvalue weighted by Gasteiger charge is 2.29. The van der Waals surface area contributed by atoms with Crippen LogP contribution in [0.3, 0.4) is 0 Å². The van der Waals surface area contributed by atoms with Gasteiger partial charge >= 0.3 is 0 Å². The Hall–Kier alpha value is -1.09. The molecule has 3 heteroatoms. The quantitative estimate of drug-likeness (QED) is 0.799. The summed E-state index contributed by atoms with van der Waals surface area (Å²) in [6.07, 6.45) is 0.607. The molecular formula is C13H21NOSi. The molecule has 0 fully saturated rings. The van der Waals surface area contributed by atoms with Crippen molar-refractivity contribution in [3.63, 3.8) is 0 Å². The highest BCUT2D eigenvalue weighted by atomic mass is 28.3. The van der Waals surface area contributed by atoms with Crippen LogP contribution in [0, 0.1) is 0 Å². The molecular weight excluding hydrogens is 214 g/mol. The van der Waals surface area contributed by atoms with Crippen molar-refractivity contribution in [2.24, 2.45) is 0 Å². The maximum absolute atomic E-state index is 11.6. The molecule has 0 aliphatic carbocycles. The minimum Gasteiger partial charge on any atom is -0.359 e. The molecule has 0 aromatic heterocycles. The van der Waals surface area contributed by atoms with Gasteiger partial charge < -0.3 is 5.32 Å². The third kappa shape index (κ3) is 3.49. The van der Waals surface area contributed by atoms with Crippen LogP contribution in [0.2, 0.25) is 19.6 Å². The van der Waals surface area contributed by atoms with Crippen molar-refractivity contribution in [2.45, 2.75) is 31.6 Å². The van der Waals surface area contributed by atoms with E-state index in [1.54, 1.807) is 7.05 Å². The van der Waals surface area contributed by atoms with Gasteiger partial charge in [-0.05, 0) is 11.1 Å². The van der Waals surface area contributed by atoms with E-state index in [9.17, 15) is 4.79 Å². The molecule has 0 saturated heterocycles. The SMILES string of the molecule is CNC(=O)CC(c1ccccc1)[Si](C)(C)C. The van der Waals surface area contributed by atoms with Crippen LogP contribution < -0.4 is 5.32 Å². The summed E-state index contributed by atoms with van der Waals surface area (Å²) in [4.78, 5) is 11.6. The summed E-state index contributed by atoms with van der Waals surface area (Å²) in [7, 11) is 0.336. The van der Waals surface area contributed by atoms with E-state index in [1.807, 2.05) is 18.2 Å². The molecule has 1 N–H and O–H groups in total. The zero-order valence-corrected chi connectivity index (χ0v) is 11.6. The van der Waals surface area contributed by atoms with Crippen molar-refractivity contribution in [1.82, 2.24) is 5.32 Å². The van der Waals surface area contributed by atoms with E-state index in [0.717, 1.165) is 0 Å². The van der Waals surface area contributed by atoms with E-state index in [2.05, 4.69) is 37.1 Å². The Morgan fingerprint density at radius 1 is 1.25 bits per heavy atom. The second-order valence-electron chi connectivity index (χ2n) is 5.21. The summed E-state index contributed by atoms with van der Waals surface area (Å²) in [5.41, 5.74) is 1.69. The van der Waals surface area contributed by atoms with Crippen molar-refractivity contribution in [3.05, 3.63) is 35.9 Å². The lowest BCUT2D eigenvalue weighted by Gasteiger charge is -2.28. The molecule has 1 atom stereocenters. The molecule has 1 amide bonds. The van der Waals surface area contributed by atoms with E-state index in [0.29, 0.717) is 12.0 Å². The molecule has 1 unspecified atom stereocenters. The van der Waals surface area contributed by atoms with Crippen LogP contribution in [0.15, 0.2) is 30.3 Å². The number of carbonyl (C=O) groups excluding carboxylic acids is 1. The fourth-order valence-electron chi connectivity index (χ4n) is 1.90. The van der Waals surface area contributed by atoms with E-state index in [-0.39, 0.29) is 5.91 Å². The molecule has 0 heterocycles. The first-order valence-electron chi connectivity index (χ1n) is 5.70. The molecule has 0 bridgehead atoms. The summed E-state index contributed by atoms with van der Waals surface area (Å²) in [6.45, 7) is 6.94. The van der Waals surface area contributed by atoms with Gasteiger partial charge in [0.1, 0.15) is 0 Å². The molecule has 0 spiro atoms. The predicted octanol–water partition coefficient (Wildman–Crippen LogP) is 2.78. The Balaban J connectivity index is 2.93. The monoisotopic (exact) mass is 235 g/mol. The summed E-state index contributed by atoms with van der Waals surface area (Å²) >= 11 is 0. The Morgan fingerprint density at radius 2 is 1.81 bits per heavy atom. The Morgan fingerprint density at radius 3 is 2.25 bits per heavy atom. The fraction of sp³-hybridized carbons (Fsp3) is 0.462. The van der Waals surface area contributed by atoms with Gasteiger partial charge in [0, 0.05) is 13.5 Å². The molecule has 0 radical (unpaired) electrons. The second kappa shape index (κ2) is 5.30. The van der Waals surface area contributed by atoms with Crippen molar-refractivity contribution in [1.29, 1.82) is 0 Å². The van der Waals surface area contributed by atoms with Gasteiger partial charge in [-0.3, -0.25) is 4.79 Å². The van der Waals surface area contributed by atoms with Gasteiger partial charge in [0.05, 0.1) is 8.07 Å². The third-order valence-corrected chi connectivity index (χ3v) is 5.54. The average Bonchev–Trinajstić information content (AvgIpc) is 2.25. The van der Waals surface area contributed by atoms with Crippen LogP contribution in [0.4, 0.5) is 0 Å². The van der Waals surface area contributed by atoms with Gasteiger partial charge in [-0.25, -0.2) is 0 Å². The van der Waals surface area contributed by atoms with Gasteiger partial charge in [0.2, 0.25) is 5.91 Å². The zero-order valence-electron chi connectivity index (χ0n) is 10.6. The van der Waals surface area contributed by atoms with Crippen molar-refractivity contribution < 1.29 is 4.79 Å². The molecule has 1 aromatic rings. The van der Waals surface area contributed by atoms with Crippen molar-refractivity contribution >= 4 is 14.0 Å². The number of hydrogen-bond acceptors (Lipinski definition) is 1. The predicted molar refractivity (Wildman–Crippen MR) is 71.2 cm³/mol. The Bertz CT molecular complexity index is 343. The number of carbonyl (C=O) groups is 1. The van der Waals surface area contributed by atoms with Crippen LogP contribution >= 0.6 is 0 Å². The van der Waals surface area contributed by atoms with Crippen LogP contribution in [0.5, 0.6) is 0 Å². The molecule has 0 aliphatic rings. The number of benzene rings is 1. The van der Waals surface area contributed by atoms with Crippen molar-refractivity contribution in [3.8, 4) is 0 Å². The number of rotatable bonds is 4. The molecule has 16 heavy (non-hydrogen) atoms. The van der Waals surface area contributed by atoms with Gasteiger partial charge in [0.15, 0.2) is 0 Å². The number of nitrogens with one attached hydrogen (secondary N) is 1. The summed E-state index contributed by atoms with van der Waals surface area (Å²) in [6, 6.07) is 10.4. The molecule has 2 nitrogen and oxygen atoms in total. The minimum atomic E-state index is -1.37. The minimum absolute atomic E-state index is 0.135. The smallest absolute Gasteiger partial charge is 0.220 e. The average molecular weight is 235 g/mol. The van der Waals surface area contributed by atoms with Crippen LogP contribution in [-0.4, -0.2) is 21.0 Å². The Kier molecular flexibility index (Phi) is 4.30. The highest BCUT2D eigenvalue weighted by molar-refractivity contribution is 6.77. The van der Waals surface area contributed by atoms with Gasteiger partial charge in [-0.15, -0.1) is 0 Å². The topological polar surface area (TPSA) is 29.1 Å². The lowest BCUT2D eigenvalue weighted by Crippen LogP contribution is -2.35. The van der Waals surface area contributed by atoms with Gasteiger partial charge in [0.25, 0.3) is 0 Å². The van der Waals surface area contributed by atoms with E-state index >= 15 is 0 Å². The molecule has 0 saturated carbocycles. The van der Waals surface area contributed by atoms with Gasteiger partial charge in [-0.1, -0.05) is 50.0 Å². The number of hydrogen-bond donors (Lipinski definition) is 1. The molecule has 88 valence electrons.